The van der Waals surface area contributed by atoms with Gasteiger partial charge in [0, 0.05) is 30.2 Å². The van der Waals surface area contributed by atoms with Crippen LogP contribution in [0.25, 0.3) is 31.8 Å². The number of fused-ring (bicyclic) bond motifs is 2. The highest BCUT2D eigenvalue weighted by Gasteiger charge is 2.45. The molecular weight excluding hydrogens is 599 g/mol. The lowest BCUT2D eigenvalue weighted by molar-refractivity contribution is -0.114. The topological polar surface area (TPSA) is 118 Å². The molecule has 1 aliphatic rings. The minimum atomic E-state index is -3.07. The van der Waals surface area contributed by atoms with E-state index < -0.39 is 42.9 Å². The molecule has 0 aliphatic heterocycles. The Bertz CT molecular complexity index is 1850. The number of hydrogen-bond acceptors (Lipinski definition) is 10. The van der Waals surface area contributed by atoms with Crippen molar-refractivity contribution in [1.82, 2.24) is 19.9 Å². The fourth-order valence-corrected chi connectivity index (χ4v) is 5.98. The minimum absolute atomic E-state index is 0.174. The van der Waals surface area contributed by atoms with E-state index in [2.05, 4.69) is 25.3 Å². The SMILES string of the molecule is COc1ccc(NC(=O)O[C@H]2CCC(F)(F)C[C@H]2Oc2cc3sc(-c4cc(C)cc5nc(OC)cnc45)nc3cc2F)cn1. The first-order valence-electron chi connectivity index (χ1n) is 13.5. The Labute approximate surface area is 253 Å². The van der Waals surface area contributed by atoms with Gasteiger partial charge in [-0.15, -0.1) is 11.3 Å². The van der Waals surface area contributed by atoms with Gasteiger partial charge in [-0.3, -0.25) is 5.32 Å². The summed E-state index contributed by atoms with van der Waals surface area (Å²) in [5.74, 6) is -3.39. The summed E-state index contributed by atoms with van der Waals surface area (Å²) in [5, 5.41) is 3.07. The van der Waals surface area contributed by atoms with E-state index in [0.29, 0.717) is 49.3 Å². The molecule has 1 aliphatic carbocycles. The molecule has 2 atom stereocenters. The number of hydrogen-bond donors (Lipinski definition) is 1. The quantitative estimate of drug-likeness (QED) is 0.205. The number of aromatic nitrogens is 4. The van der Waals surface area contributed by atoms with E-state index in [1.165, 1.54) is 50.1 Å². The predicted molar refractivity (Wildman–Crippen MR) is 157 cm³/mol. The van der Waals surface area contributed by atoms with Gasteiger partial charge in [0.05, 0.1) is 60.0 Å². The van der Waals surface area contributed by atoms with Crippen LogP contribution in [-0.2, 0) is 4.74 Å². The maximum Gasteiger partial charge on any atom is 0.412 e. The summed E-state index contributed by atoms with van der Waals surface area (Å²) in [6, 6.07) is 9.49. The third-order valence-corrected chi connectivity index (χ3v) is 8.14. The van der Waals surface area contributed by atoms with Gasteiger partial charge in [0.1, 0.15) is 17.2 Å². The number of methoxy groups -OCH3 is 2. The van der Waals surface area contributed by atoms with Gasteiger partial charge >= 0.3 is 6.09 Å². The Morgan fingerprint density at radius 3 is 2.57 bits per heavy atom. The van der Waals surface area contributed by atoms with Crippen LogP contribution in [0.2, 0.25) is 0 Å². The van der Waals surface area contributed by atoms with Crippen LogP contribution in [0.1, 0.15) is 24.8 Å². The molecule has 6 rings (SSSR count). The third kappa shape index (κ3) is 6.16. The monoisotopic (exact) mass is 625 g/mol. The van der Waals surface area contributed by atoms with Gasteiger partial charge in [-0.2, -0.15) is 0 Å². The van der Waals surface area contributed by atoms with Crippen molar-refractivity contribution in [2.45, 2.75) is 44.3 Å². The van der Waals surface area contributed by atoms with E-state index >= 15 is 4.39 Å². The lowest BCUT2D eigenvalue weighted by atomic mass is 9.91. The summed E-state index contributed by atoms with van der Waals surface area (Å²) < 4.78 is 66.2. The van der Waals surface area contributed by atoms with Crippen molar-refractivity contribution < 1.29 is 36.9 Å². The largest absolute Gasteiger partial charge is 0.483 e. The number of aryl methyl sites for hydroxylation is 1. The van der Waals surface area contributed by atoms with Gasteiger partial charge in [-0.05, 0) is 37.1 Å². The molecule has 5 aromatic rings. The number of ether oxygens (including phenoxy) is 4. The molecule has 1 fully saturated rings. The molecular formula is C30H26F3N5O5S. The van der Waals surface area contributed by atoms with Crippen molar-refractivity contribution in [3.8, 4) is 28.1 Å². The molecule has 0 spiro atoms. The number of benzene rings is 2. The van der Waals surface area contributed by atoms with Crippen molar-refractivity contribution in [2.75, 3.05) is 19.5 Å². The zero-order valence-electron chi connectivity index (χ0n) is 23.8. The molecule has 14 heteroatoms. The van der Waals surface area contributed by atoms with E-state index in [4.69, 9.17) is 18.9 Å². The van der Waals surface area contributed by atoms with Crippen molar-refractivity contribution in [3.05, 3.63) is 60.2 Å². The molecule has 3 heterocycles. The average molecular weight is 626 g/mol. The Morgan fingerprint density at radius 1 is 1.00 bits per heavy atom. The van der Waals surface area contributed by atoms with E-state index in [0.717, 1.165) is 5.56 Å². The summed E-state index contributed by atoms with van der Waals surface area (Å²) in [5.41, 5.74) is 3.52. The van der Waals surface area contributed by atoms with Gasteiger partial charge in [0.25, 0.3) is 5.92 Å². The molecule has 44 heavy (non-hydrogen) atoms. The van der Waals surface area contributed by atoms with Crippen molar-refractivity contribution in [1.29, 1.82) is 0 Å². The molecule has 0 bridgehead atoms. The fourth-order valence-electron chi connectivity index (χ4n) is 4.99. The number of rotatable bonds is 7. The van der Waals surface area contributed by atoms with Crippen LogP contribution < -0.4 is 19.5 Å². The highest BCUT2D eigenvalue weighted by Crippen LogP contribution is 2.40. The van der Waals surface area contributed by atoms with Gasteiger partial charge in [-0.1, -0.05) is 0 Å². The number of thiazole rings is 1. The number of nitrogens with zero attached hydrogens (tertiary/aromatic N) is 4. The van der Waals surface area contributed by atoms with Crippen molar-refractivity contribution in [2.24, 2.45) is 0 Å². The first-order valence-corrected chi connectivity index (χ1v) is 14.4. The standard InChI is InChI=1S/C30H26F3N5O5S/c1-15-8-17(27-20(9-15)37-26(41-3)14-35-27)28-38-19-10-18(31)22(11-24(19)44-28)42-23-12-30(32,33)7-6-21(23)43-29(39)36-16-4-5-25(40-2)34-13-16/h4-5,8-11,13-14,21,23H,6-7,12H2,1-3H3,(H,36,39)/t21-,23+/m0/s1. The number of alkyl halides is 2. The highest BCUT2D eigenvalue weighted by atomic mass is 32.1. The fraction of sp³-hybridized carbons (Fsp3) is 0.300. The molecule has 1 N–H and O–H groups in total. The Hall–Kier alpha value is -4.72. The molecule has 0 radical (unpaired) electrons. The molecule has 0 saturated heterocycles. The first kappa shape index (κ1) is 29.4. The van der Waals surface area contributed by atoms with E-state index in [-0.39, 0.29) is 12.2 Å². The van der Waals surface area contributed by atoms with Crippen LogP contribution in [0.3, 0.4) is 0 Å². The Morgan fingerprint density at radius 2 is 1.82 bits per heavy atom. The smallest absolute Gasteiger partial charge is 0.412 e. The van der Waals surface area contributed by atoms with E-state index in [1.54, 1.807) is 12.1 Å². The van der Waals surface area contributed by atoms with Gasteiger partial charge in [-0.25, -0.2) is 37.9 Å². The van der Waals surface area contributed by atoms with Gasteiger partial charge < -0.3 is 18.9 Å². The lowest BCUT2D eigenvalue weighted by Gasteiger charge is -2.35. The molecule has 0 unspecified atom stereocenters. The molecule has 2 aromatic carbocycles. The molecule has 1 saturated carbocycles. The van der Waals surface area contributed by atoms with Crippen LogP contribution in [0.15, 0.2) is 48.8 Å². The molecule has 1 amide bonds. The summed E-state index contributed by atoms with van der Waals surface area (Å²) >= 11 is 1.27. The highest BCUT2D eigenvalue weighted by molar-refractivity contribution is 7.21. The minimum Gasteiger partial charge on any atom is -0.483 e. The summed E-state index contributed by atoms with van der Waals surface area (Å²) in [7, 11) is 2.96. The number of nitrogens with one attached hydrogen (secondary N) is 1. The van der Waals surface area contributed by atoms with Crippen LogP contribution in [-0.4, -0.2) is 58.4 Å². The number of halogens is 3. The molecule has 3 aromatic heterocycles. The summed E-state index contributed by atoms with van der Waals surface area (Å²) in [6.45, 7) is 1.91. The van der Waals surface area contributed by atoms with E-state index in [9.17, 15) is 13.6 Å². The number of pyridine rings is 1. The third-order valence-electron chi connectivity index (χ3n) is 7.09. The predicted octanol–water partition coefficient (Wildman–Crippen LogP) is 6.95. The summed E-state index contributed by atoms with van der Waals surface area (Å²) in [4.78, 5) is 30.1. The number of carbonyl (C=O) groups excluding carboxylic acids is 1. The van der Waals surface area contributed by atoms with Gasteiger partial charge in [0.2, 0.25) is 11.8 Å². The second kappa shape index (κ2) is 11.8. The Balaban J connectivity index is 1.25. The van der Waals surface area contributed by atoms with Crippen LogP contribution in [0.4, 0.5) is 23.7 Å². The average Bonchev–Trinajstić information content (AvgIpc) is 3.40. The summed E-state index contributed by atoms with van der Waals surface area (Å²) in [6.07, 6.45) is -1.80. The maximum absolute atomic E-state index is 15.3. The number of anilines is 1. The normalized spacial score (nSPS) is 17.8. The van der Waals surface area contributed by atoms with Crippen LogP contribution in [0.5, 0.6) is 17.5 Å². The molecule has 228 valence electrons. The number of carbonyl (C=O) groups is 1. The maximum atomic E-state index is 15.3. The Kier molecular flexibility index (Phi) is 7.84. The van der Waals surface area contributed by atoms with Gasteiger partial charge in [0.15, 0.2) is 11.6 Å². The second-order valence-corrected chi connectivity index (χ2v) is 11.3. The first-order chi connectivity index (χ1) is 21.1. The van der Waals surface area contributed by atoms with Crippen LogP contribution >= 0.6 is 11.3 Å². The number of amides is 1. The second-order valence-electron chi connectivity index (χ2n) is 10.3. The lowest BCUT2D eigenvalue weighted by Crippen LogP contribution is -2.45. The van der Waals surface area contributed by atoms with E-state index in [1.807, 2.05) is 19.1 Å². The zero-order valence-corrected chi connectivity index (χ0v) is 24.6. The van der Waals surface area contributed by atoms with Crippen molar-refractivity contribution in [3.63, 3.8) is 0 Å². The molecule has 10 nitrogen and oxygen atoms in total. The van der Waals surface area contributed by atoms with Crippen LogP contribution in [0, 0.1) is 12.7 Å². The zero-order chi connectivity index (χ0) is 31.0. The van der Waals surface area contributed by atoms with Crippen molar-refractivity contribution >= 4 is 44.4 Å².